The number of rotatable bonds is 3. The minimum Gasteiger partial charge on any atom is -0.302 e. The molecule has 0 aliphatic heterocycles. The van der Waals surface area contributed by atoms with Crippen LogP contribution < -0.4 is 5.32 Å². The fraction of sp³-hybridized carbons (Fsp3) is 0.600. The van der Waals surface area contributed by atoms with E-state index in [0.29, 0.717) is 22.9 Å². The Balaban J connectivity index is 1.79. The van der Waals surface area contributed by atoms with Crippen molar-refractivity contribution in [2.24, 2.45) is 11.8 Å². The molecule has 1 fully saturated rings. The van der Waals surface area contributed by atoms with E-state index in [2.05, 4.69) is 10.3 Å². The first-order chi connectivity index (χ1) is 10.1. The van der Waals surface area contributed by atoms with Gasteiger partial charge in [0.25, 0.3) is 0 Å². The number of amides is 1. The first-order valence-corrected chi connectivity index (χ1v) is 8.23. The normalized spacial score (nSPS) is 22.1. The van der Waals surface area contributed by atoms with Gasteiger partial charge in [0.1, 0.15) is 5.78 Å². The van der Waals surface area contributed by atoms with Crippen molar-refractivity contribution in [3.8, 4) is 0 Å². The summed E-state index contributed by atoms with van der Waals surface area (Å²) in [5.74, 6) is -0.596. The highest BCUT2D eigenvalue weighted by Gasteiger charge is 2.38. The molecular formula is C15H18N2O3S. The molecule has 1 unspecified atom stereocenters. The summed E-state index contributed by atoms with van der Waals surface area (Å²) in [6.45, 7) is 1.41. The average molecular weight is 306 g/mol. The Morgan fingerprint density at radius 1 is 1.24 bits per heavy atom. The molecule has 1 N–H and O–H groups in total. The summed E-state index contributed by atoms with van der Waals surface area (Å²) in [5, 5.41) is 3.07. The molecular weight excluding hydrogens is 288 g/mol. The lowest BCUT2D eigenvalue weighted by Crippen LogP contribution is -2.32. The van der Waals surface area contributed by atoms with Gasteiger partial charge >= 0.3 is 0 Å². The van der Waals surface area contributed by atoms with Crippen molar-refractivity contribution in [3.05, 3.63) is 10.6 Å². The number of fused-ring (bicyclic) bond motifs is 1. The van der Waals surface area contributed by atoms with Crippen molar-refractivity contribution in [3.63, 3.8) is 0 Å². The molecule has 1 aromatic heterocycles. The van der Waals surface area contributed by atoms with Gasteiger partial charge in [0.05, 0.1) is 16.5 Å². The van der Waals surface area contributed by atoms with Crippen LogP contribution in [0.5, 0.6) is 0 Å². The summed E-state index contributed by atoms with van der Waals surface area (Å²) in [4.78, 5) is 41.0. The third-order valence-electron chi connectivity index (χ3n) is 4.29. The monoisotopic (exact) mass is 306 g/mol. The van der Waals surface area contributed by atoms with Gasteiger partial charge in [0, 0.05) is 12.8 Å². The molecule has 6 heteroatoms. The van der Waals surface area contributed by atoms with Crippen molar-refractivity contribution in [1.82, 2.24) is 4.98 Å². The van der Waals surface area contributed by atoms with E-state index in [4.69, 9.17) is 0 Å². The van der Waals surface area contributed by atoms with Crippen molar-refractivity contribution < 1.29 is 14.4 Å². The number of hydrogen-bond donors (Lipinski definition) is 1. The van der Waals surface area contributed by atoms with Gasteiger partial charge in [-0.25, -0.2) is 4.98 Å². The molecule has 2 aliphatic rings. The van der Waals surface area contributed by atoms with Crippen molar-refractivity contribution in [2.75, 3.05) is 5.32 Å². The summed E-state index contributed by atoms with van der Waals surface area (Å²) in [7, 11) is 0. The van der Waals surface area contributed by atoms with Crippen LogP contribution in [-0.2, 0) is 16.0 Å². The molecule has 21 heavy (non-hydrogen) atoms. The number of anilines is 1. The SMILES string of the molecule is CC(=O)Nc1nc2c(s1)C(=O)C(C(=O)C1CCCC1)CC2. The van der Waals surface area contributed by atoms with Crippen molar-refractivity contribution in [1.29, 1.82) is 0 Å². The number of carbonyl (C=O) groups is 3. The third-order valence-corrected chi connectivity index (χ3v) is 5.32. The van der Waals surface area contributed by atoms with Gasteiger partial charge in [-0.1, -0.05) is 24.2 Å². The van der Waals surface area contributed by atoms with Crippen molar-refractivity contribution in [2.45, 2.75) is 45.4 Å². The van der Waals surface area contributed by atoms with Crippen LogP contribution in [0.4, 0.5) is 5.13 Å². The van der Waals surface area contributed by atoms with Gasteiger partial charge in [0.15, 0.2) is 10.9 Å². The van der Waals surface area contributed by atoms with Crippen LogP contribution in [0.3, 0.4) is 0 Å². The molecule has 112 valence electrons. The Morgan fingerprint density at radius 3 is 2.62 bits per heavy atom. The summed E-state index contributed by atoms with van der Waals surface area (Å²) in [6, 6.07) is 0. The van der Waals surface area contributed by atoms with E-state index in [-0.39, 0.29) is 23.4 Å². The third kappa shape index (κ3) is 2.77. The van der Waals surface area contributed by atoms with E-state index >= 15 is 0 Å². The highest BCUT2D eigenvalue weighted by atomic mass is 32.1. The number of ketones is 2. The Bertz CT molecular complexity index is 602. The number of carbonyl (C=O) groups excluding carboxylic acids is 3. The highest BCUT2D eigenvalue weighted by Crippen LogP contribution is 2.36. The number of thiazole rings is 1. The fourth-order valence-electron chi connectivity index (χ4n) is 3.25. The standard InChI is InChI=1S/C15H18N2O3S/c1-8(18)16-15-17-11-7-6-10(13(20)14(11)21-15)12(19)9-4-2-3-5-9/h9-10H,2-7H2,1H3,(H,16,17,18). The predicted octanol–water partition coefficient (Wildman–Crippen LogP) is 2.61. The van der Waals surface area contributed by atoms with Gasteiger partial charge in [-0.05, 0) is 25.7 Å². The van der Waals surface area contributed by atoms with E-state index in [1.165, 1.54) is 18.3 Å². The number of aryl methyl sites for hydroxylation is 1. The molecule has 1 heterocycles. The zero-order chi connectivity index (χ0) is 15.0. The quantitative estimate of drug-likeness (QED) is 0.871. The number of nitrogens with one attached hydrogen (secondary N) is 1. The summed E-state index contributed by atoms with van der Waals surface area (Å²) < 4.78 is 0. The molecule has 1 amide bonds. The minimum absolute atomic E-state index is 0.0724. The lowest BCUT2D eigenvalue weighted by atomic mass is 9.81. The molecule has 0 aromatic carbocycles. The Labute approximate surface area is 127 Å². The molecule has 2 aliphatic carbocycles. The summed E-state index contributed by atoms with van der Waals surface area (Å²) in [5.41, 5.74) is 0.726. The fourth-order valence-corrected chi connectivity index (χ4v) is 4.31. The predicted molar refractivity (Wildman–Crippen MR) is 79.5 cm³/mol. The topological polar surface area (TPSA) is 76.1 Å². The second kappa shape index (κ2) is 5.67. The maximum Gasteiger partial charge on any atom is 0.223 e. The number of hydrogen-bond acceptors (Lipinski definition) is 5. The van der Waals surface area contributed by atoms with Crippen LogP contribution in [0.2, 0.25) is 0 Å². The molecule has 1 aromatic rings. The maximum atomic E-state index is 12.6. The van der Waals surface area contributed by atoms with E-state index in [1.807, 2.05) is 0 Å². The molecule has 5 nitrogen and oxygen atoms in total. The smallest absolute Gasteiger partial charge is 0.223 e. The zero-order valence-corrected chi connectivity index (χ0v) is 12.8. The van der Waals surface area contributed by atoms with E-state index < -0.39 is 5.92 Å². The van der Waals surface area contributed by atoms with Gasteiger partial charge in [0.2, 0.25) is 5.91 Å². The first-order valence-electron chi connectivity index (χ1n) is 7.41. The van der Waals surface area contributed by atoms with Crippen LogP contribution >= 0.6 is 11.3 Å². The molecule has 0 radical (unpaired) electrons. The molecule has 0 saturated heterocycles. The van der Waals surface area contributed by atoms with Gasteiger partial charge in [-0.2, -0.15) is 0 Å². The number of aromatic nitrogens is 1. The Hall–Kier alpha value is -1.56. The van der Waals surface area contributed by atoms with Gasteiger partial charge < -0.3 is 5.32 Å². The Morgan fingerprint density at radius 2 is 1.95 bits per heavy atom. The van der Waals surface area contributed by atoms with Crippen LogP contribution in [0.15, 0.2) is 0 Å². The molecule has 1 saturated carbocycles. The number of nitrogens with zero attached hydrogens (tertiary/aromatic N) is 1. The Kier molecular flexibility index (Phi) is 3.89. The van der Waals surface area contributed by atoms with Gasteiger partial charge in [-0.15, -0.1) is 0 Å². The zero-order valence-electron chi connectivity index (χ0n) is 12.0. The lowest BCUT2D eigenvalue weighted by molar-refractivity contribution is -0.125. The number of Topliss-reactive ketones (excluding diaryl/α,β-unsaturated/α-hetero) is 2. The second-order valence-electron chi connectivity index (χ2n) is 5.82. The average Bonchev–Trinajstić information content (AvgIpc) is 3.06. The minimum atomic E-state index is -0.494. The first kappa shape index (κ1) is 14.4. The summed E-state index contributed by atoms with van der Waals surface area (Å²) >= 11 is 1.19. The van der Waals surface area contributed by atoms with Gasteiger partial charge in [-0.3, -0.25) is 14.4 Å². The second-order valence-corrected chi connectivity index (χ2v) is 6.81. The van der Waals surface area contributed by atoms with Crippen molar-refractivity contribution >= 4 is 33.9 Å². The van der Waals surface area contributed by atoms with E-state index in [0.717, 1.165) is 31.4 Å². The van der Waals surface area contributed by atoms with Crippen LogP contribution in [0, 0.1) is 11.8 Å². The molecule has 1 atom stereocenters. The highest BCUT2D eigenvalue weighted by molar-refractivity contribution is 7.17. The van der Waals surface area contributed by atoms with E-state index in [1.54, 1.807) is 0 Å². The maximum absolute atomic E-state index is 12.6. The van der Waals surface area contributed by atoms with Crippen LogP contribution in [0.1, 0.15) is 54.4 Å². The van der Waals surface area contributed by atoms with Crippen LogP contribution in [0.25, 0.3) is 0 Å². The lowest BCUT2D eigenvalue weighted by Gasteiger charge is -2.21. The largest absolute Gasteiger partial charge is 0.302 e. The summed E-state index contributed by atoms with van der Waals surface area (Å²) in [6.07, 6.45) is 5.24. The molecule has 0 bridgehead atoms. The molecule has 0 spiro atoms. The van der Waals surface area contributed by atoms with Crippen LogP contribution in [-0.4, -0.2) is 22.5 Å². The molecule has 3 rings (SSSR count). The van der Waals surface area contributed by atoms with E-state index in [9.17, 15) is 14.4 Å².